The third-order valence-electron chi connectivity index (χ3n) is 8.35. The molecule has 0 N–H and O–H groups in total. The highest BCUT2D eigenvalue weighted by Crippen LogP contribution is 2.38. The minimum absolute atomic E-state index is 0.159. The molecule has 3 aromatic carbocycles. The number of aryl methyl sites for hydroxylation is 1. The number of rotatable bonds is 21. The van der Waals surface area contributed by atoms with Crippen LogP contribution in [-0.4, -0.2) is 58.8 Å². The minimum atomic E-state index is -3.53. The van der Waals surface area contributed by atoms with Gasteiger partial charge in [-0.1, -0.05) is 31.0 Å². The molecule has 1 aliphatic heterocycles. The van der Waals surface area contributed by atoms with Crippen molar-refractivity contribution in [2.24, 2.45) is 0 Å². The molecule has 0 atom stereocenters. The second-order valence-electron chi connectivity index (χ2n) is 12.3. The van der Waals surface area contributed by atoms with Gasteiger partial charge in [-0.05, 0) is 118 Å². The Morgan fingerprint density at radius 2 is 1.46 bits per heavy atom. The molecule has 0 amide bonds. The predicted octanol–water partition coefficient (Wildman–Crippen LogP) is 7.66. The monoisotopic (exact) mass is 710 g/mol. The van der Waals surface area contributed by atoms with E-state index in [1.807, 2.05) is 36.4 Å². The van der Waals surface area contributed by atoms with E-state index in [0.29, 0.717) is 62.9 Å². The minimum Gasteiger partial charge on any atom is -0.494 e. The summed E-state index contributed by atoms with van der Waals surface area (Å²) >= 11 is 0. The molecule has 3 aromatic rings. The predicted molar refractivity (Wildman–Crippen MR) is 191 cm³/mol. The molecule has 0 bridgehead atoms. The van der Waals surface area contributed by atoms with Crippen LogP contribution >= 0.6 is 0 Å². The summed E-state index contributed by atoms with van der Waals surface area (Å²) in [7, 11) is -3.53. The van der Waals surface area contributed by atoms with E-state index in [1.54, 1.807) is 39.8 Å². The van der Waals surface area contributed by atoms with Gasteiger partial charge in [-0.25, -0.2) is 8.42 Å². The standard InChI is InChI=1S/C39H50O10S/c1-5-44-38(40)16-12-22-47-35-15-11-14-29(34(35)18-20-39(41)45-6-2)13-9-7-8-10-21-46-32-23-31(24-33(26-32)50(42,43)28(3)4)30-17-19-36-37(25-30)49-27-48-36/h11,14-15,17,19,23-26,28H,5-10,12-13,16,18,20-22,27H2,1-4H3. The second-order valence-corrected chi connectivity index (χ2v) is 14.8. The Labute approximate surface area is 296 Å². The molecule has 272 valence electrons. The van der Waals surface area contributed by atoms with Crippen LogP contribution in [0.2, 0.25) is 0 Å². The quantitative estimate of drug-likeness (QED) is 0.0804. The van der Waals surface area contributed by atoms with Crippen molar-refractivity contribution >= 4 is 21.8 Å². The van der Waals surface area contributed by atoms with Crippen LogP contribution < -0.4 is 18.9 Å². The summed E-state index contributed by atoms with van der Waals surface area (Å²) in [6, 6.07) is 16.7. The number of ether oxygens (including phenoxy) is 6. The molecule has 0 aromatic heterocycles. The zero-order valence-electron chi connectivity index (χ0n) is 29.7. The Morgan fingerprint density at radius 3 is 2.22 bits per heavy atom. The molecule has 0 saturated carbocycles. The Balaban J connectivity index is 1.33. The lowest BCUT2D eigenvalue weighted by Crippen LogP contribution is -2.14. The van der Waals surface area contributed by atoms with Crippen molar-refractivity contribution in [1.29, 1.82) is 0 Å². The van der Waals surface area contributed by atoms with E-state index in [0.717, 1.165) is 60.1 Å². The van der Waals surface area contributed by atoms with E-state index in [-0.39, 0.29) is 30.0 Å². The number of esters is 2. The second kappa shape index (κ2) is 19.2. The Bertz CT molecular complexity index is 1680. The van der Waals surface area contributed by atoms with Gasteiger partial charge in [0.05, 0.1) is 36.6 Å². The first kappa shape index (κ1) is 38.6. The van der Waals surface area contributed by atoms with Gasteiger partial charge in [0.25, 0.3) is 0 Å². The van der Waals surface area contributed by atoms with Gasteiger partial charge in [-0.15, -0.1) is 0 Å². The molecular weight excluding hydrogens is 660 g/mol. The lowest BCUT2D eigenvalue weighted by molar-refractivity contribution is -0.144. The lowest BCUT2D eigenvalue weighted by Gasteiger charge is -2.16. The van der Waals surface area contributed by atoms with Crippen LogP contribution in [0.4, 0.5) is 0 Å². The molecule has 0 aliphatic carbocycles. The maximum absolute atomic E-state index is 13.1. The number of benzene rings is 3. The molecule has 50 heavy (non-hydrogen) atoms. The largest absolute Gasteiger partial charge is 0.494 e. The molecule has 4 rings (SSSR count). The highest BCUT2D eigenvalue weighted by molar-refractivity contribution is 7.92. The van der Waals surface area contributed by atoms with Crippen molar-refractivity contribution in [3.63, 3.8) is 0 Å². The van der Waals surface area contributed by atoms with E-state index in [2.05, 4.69) is 6.07 Å². The zero-order valence-corrected chi connectivity index (χ0v) is 30.5. The van der Waals surface area contributed by atoms with Gasteiger partial charge in [0.15, 0.2) is 21.3 Å². The Hall–Kier alpha value is -4.25. The van der Waals surface area contributed by atoms with Crippen molar-refractivity contribution < 1.29 is 46.4 Å². The smallest absolute Gasteiger partial charge is 0.306 e. The van der Waals surface area contributed by atoms with Gasteiger partial charge in [0.1, 0.15) is 11.5 Å². The number of sulfone groups is 1. The SMILES string of the molecule is CCOC(=O)CCCOc1cccc(CCCCCCOc2cc(-c3ccc4c(c3)OCO4)cc(S(=O)(=O)C(C)C)c2)c1CCC(=O)OCC. The van der Waals surface area contributed by atoms with Crippen molar-refractivity contribution in [2.45, 2.75) is 95.6 Å². The zero-order chi connectivity index (χ0) is 35.9. The van der Waals surface area contributed by atoms with Crippen LogP contribution in [0.15, 0.2) is 59.5 Å². The Kier molecular flexibility index (Phi) is 14.8. The van der Waals surface area contributed by atoms with E-state index < -0.39 is 15.1 Å². The average molecular weight is 711 g/mol. The number of carbonyl (C=O) groups excluding carboxylic acids is 2. The fourth-order valence-electron chi connectivity index (χ4n) is 5.65. The third kappa shape index (κ3) is 11.1. The molecule has 0 radical (unpaired) electrons. The molecule has 1 heterocycles. The normalized spacial score (nSPS) is 12.2. The highest BCUT2D eigenvalue weighted by atomic mass is 32.2. The molecule has 11 heteroatoms. The summed E-state index contributed by atoms with van der Waals surface area (Å²) in [6.07, 6.45) is 6.07. The van der Waals surface area contributed by atoms with Gasteiger partial charge < -0.3 is 28.4 Å². The molecule has 0 saturated heterocycles. The molecule has 0 fully saturated rings. The summed E-state index contributed by atoms with van der Waals surface area (Å²) in [5.74, 6) is 2.03. The van der Waals surface area contributed by atoms with Crippen LogP contribution in [0.3, 0.4) is 0 Å². The topological polar surface area (TPSA) is 124 Å². The summed E-state index contributed by atoms with van der Waals surface area (Å²) in [5, 5.41) is -0.573. The van der Waals surface area contributed by atoms with Crippen LogP contribution in [0.5, 0.6) is 23.0 Å². The van der Waals surface area contributed by atoms with Crippen LogP contribution in [0, 0.1) is 0 Å². The number of unbranched alkanes of at least 4 members (excludes halogenated alkanes) is 3. The summed E-state index contributed by atoms with van der Waals surface area (Å²) in [6.45, 7) is 8.60. The van der Waals surface area contributed by atoms with Crippen LogP contribution in [0.1, 0.15) is 83.8 Å². The van der Waals surface area contributed by atoms with E-state index >= 15 is 0 Å². The maximum atomic E-state index is 13.1. The third-order valence-corrected chi connectivity index (χ3v) is 10.5. The van der Waals surface area contributed by atoms with Gasteiger partial charge >= 0.3 is 11.9 Å². The first-order chi connectivity index (χ1) is 24.1. The number of fused-ring (bicyclic) bond motifs is 1. The fraction of sp³-hybridized carbons (Fsp3) is 0.487. The van der Waals surface area contributed by atoms with E-state index in [4.69, 9.17) is 28.4 Å². The first-order valence-electron chi connectivity index (χ1n) is 17.6. The first-order valence-corrected chi connectivity index (χ1v) is 19.1. The van der Waals surface area contributed by atoms with E-state index in [1.165, 1.54) is 0 Å². The van der Waals surface area contributed by atoms with E-state index in [9.17, 15) is 18.0 Å². The fourth-order valence-corrected chi connectivity index (χ4v) is 6.77. The van der Waals surface area contributed by atoms with Gasteiger partial charge in [0, 0.05) is 12.8 Å². The Morgan fingerprint density at radius 1 is 0.740 bits per heavy atom. The average Bonchev–Trinajstić information content (AvgIpc) is 3.57. The molecule has 1 aliphatic rings. The summed E-state index contributed by atoms with van der Waals surface area (Å²) < 4.78 is 59.6. The highest BCUT2D eigenvalue weighted by Gasteiger charge is 2.22. The van der Waals surface area contributed by atoms with Crippen molar-refractivity contribution in [3.05, 3.63) is 65.7 Å². The lowest BCUT2D eigenvalue weighted by atomic mass is 9.96. The number of carbonyl (C=O) groups is 2. The van der Waals surface area contributed by atoms with Crippen LogP contribution in [0.25, 0.3) is 11.1 Å². The van der Waals surface area contributed by atoms with Gasteiger partial charge in [0.2, 0.25) is 6.79 Å². The van der Waals surface area contributed by atoms with Crippen molar-refractivity contribution in [2.75, 3.05) is 33.2 Å². The molecular formula is C39H50O10S. The summed E-state index contributed by atoms with van der Waals surface area (Å²) in [4.78, 5) is 24.1. The van der Waals surface area contributed by atoms with Crippen molar-refractivity contribution in [1.82, 2.24) is 0 Å². The maximum Gasteiger partial charge on any atom is 0.306 e. The number of hydrogen-bond acceptors (Lipinski definition) is 10. The molecule has 10 nitrogen and oxygen atoms in total. The van der Waals surface area contributed by atoms with Crippen LogP contribution in [-0.2, 0) is 41.7 Å². The number of hydrogen-bond donors (Lipinski definition) is 0. The molecule has 0 unspecified atom stereocenters. The van der Waals surface area contributed by atoms with Crippen molar-refractivity contribution in [3.8, 4) is 34.1 Å². The summed E-state index contributed by atoms with van der Waals surface area (Å²) in [5.41, 5.74) is 3.67. The molecule has 0 spiro atoms. The van der Waals surface area contributed by atoms with Gasteiger partial charge in [-0.3, -0.25) is 9.59 Å². The van der Waals surface area contributed by atoms with Gasteiger partial charge in [-0.2, -0.15) is 0 Å².